The van der Waals surface area contributed by atoms with E-state index in [-0.39, 0.29) is 11.9 Å². The molecule has 3 heteroatoms. The molecule has 1 amide bonds. The Morgan fingerprint density at radius 1 is 0.960 bits per heavy atom. The fourth-order valence-electron chi connectivity index (χ4n) is 2.94. The smallest absolute Gasteiger partial charge is 0.257 e. The molecule has 0 N–H and O–H groups in total. The van der Waals surface area contributed by atoms with Gasteiger partial charge in [0.05, 0.1) is 11.8 Å². The quantitative estimate of drug-likeness (QED) is 0.613. The maximum absolute atomic E-state index is 12.9. The molecule has 0 fully saturated rings. The average Bonchev–Trinajstić information content (AvgIpc) is 3.20. The maximum Gasteiger partial charge on any atom is 0.257 e. The summed E-state index contributed by atoms with van der Waals surface area (Å²) in [4.78, 5) is 14.9. The summed E-state index contributed by atoms with van der Waals surface area (Å²) in [6, 6.07) is 22.4. The van der Waals surface area contributed by atoms with Crippen molar-refractivity contribution in [2.75, 3.05) is 0 Å². The van der Waals surface area contributed by atoms with Crippen LogP contribution in [-0.4, -0.2) is 16.8 Å². The van der Waals surface area contributed by atoms with Gasteiger partial charge >= 0.3 is 0 Å². The molecule has 128 valence electrons. The van der Waals surface area contributed by atoms with Gasteiger partial charge in [-0.25, -0.2) is 0 Å². The normalized spacial score (nSPS) is 11.9. The third kappa shape index (κ3) is 4.60. The molecule has 25 heavy (non-hydrogen) atoms. The Balaban J connectivity index is 1.73. The molecule has 0 saturated carbocycles. The van der Waals surface area contributed by atoms with Gasteiger partial charge < -0.3 is 9.32 Å². The molecular formula is C22H23NO2. The summed E-state index contributed by atoms with van der Waals surface area (Å²) < 4.78 is 5.10. The lowest BCUT2D eigenvalue weighted by Crippen LogP contribution is -2.38. The molecule has 1 aromatic heterocycles. The first-order valence-corrected chi connectivity index (χ1v) is 8.65. The van der Waals surface area contributed by atoms with Crippen LogP contribution in [0, 0.1) is 0 Å². The zero-order valence-electron chi connectivity index (χ0n) is 14.5. The lowest BCUT2D eigenvalue weighted by Gasteiger charge is -2.29. The minimum atomic E-state index is 0.0122. The first kappa shape index (κ1) is 17.0. The standard InChI is InChI=1S/C22H23NO2/c1-18(12-13-19-8-4-2-5-9-19)23(16-20-10-6-3-7-11-20)22(24)21-14-15-25-17-21/h2-11,14-15,17-18H,12-13,16H2,1H3/t18-/m1/s1. The van der Waals surface area contributed by atoms with E-state index in [9.17, 15) is 4.79 Å². The number of aryl methyl sites for hydroxylation is 1. The number of benzene rings is 2. The second-order valence-electron chi connectivity index (χ2n) is 6.30. The Morgan fingerprint density at radius 2 is 1.60 bits per heavy atom. The highest BCUT2D eigenvalue weighted by molar-refractivity contribution is 5.94. The van der Waals surface area contributed by atoms with Crippen molar-refractivity contribution in [1.82, 2.24) is 4.90 Å². The number of hydrogen-bond donors (Lipinski definition) is 0. The van der Waals surface area contributed by atoms with E-state index in [0.717, 1.165) is 18.4 Å². The Hall–Kier alpha value is -2.81. The van der Waals surface area contributed by atoms with E-state index in [4.69, 9.17) is 4.42 Å². The molecular weight excluding hydrogens is 310 g/mol. The molecule has 0 aliphatic rings. The van der Waals surface area contributed by atoms with Gasteiger partial charge in [-0.3, -0.25) is 4.79 Å². The highest BCUT2D eigenvalue weighted by atomic mass is 16.3. The van der Waals surface area contributed by atoms with E-state index in [2.05, 4.69) is 43.3 Å². The fraction of sp³-hybridized carbons (Fsp3) is 0.227. The Morgan fingerprint density at radius 3 is 2.20 bits per heavy atom. The fourth-order valence-corrected chi connectivity index (χ4v) is 2.94. The van der Waals surface area contributed by atoms with Crippen molar-refractivity contribution in [3.8, 4) is 0 Å². The summed E-state index contributed by atoms with van der Waals surface area (Å²) in [7, 11) is 0. The van der Waals surface area contributed by atoms with E-state index in [1.807, 2.05) is 29.2 Å². The Kier molecular flexibility index (Phi) is 5.68. The van der Waals surface area contributed by atoms with Crippen molar-refractivity contribution in [2.24, 2.45) is 0 Å². The third-order valence-corrected chi connectivity index (χ3v) is 4.45. The van der Waals surface area contributed by atoms with Crippen LogP contribution in [0.1, 0.15) is 34.8 Å². The summed E-state index contributed by atoms with van der Waals surface area (Å²) in [5.74, 6) is 0.0122. The molecule has 3 rings (SSSR count). The minimum Gasteiger partial charge on any atom is -0.472 e. The van der Waals surface area contributed by atoms with Gasteiger partial charge in [-0.15, -0.1) is 0 Å². The van der Waals surface area contributed by atoms with Gasteiger partial charge in [0.25, 0.3) is 5.91 Å². The highest BCUT2D eigenvalue weighted by Gasteiger charge is 2.22. The number of hydrogen-bond acceptors (Lipinski definition) is 2. The van der Waals surface area contributed by atoms with Crippen LogP contribution in [0.25, 0.3) is 0 Å². The summed E-state index contributed by atoms with van der Waals surface area (Å²) in [6.07, 6.45) is 4.93. The van der Waals surface area contributed by atoms with Crippen molar-refractivity contribution in [3.63, 3.8) is 0 Å². The molecule has 0 unspecified atom stereocenters. The van der Waals surface area contributed by atoms with Crippen molar-refractivity contribution in [3.05, 3.63) is 95.9 Å². The molecule has 1 heterocycles. The van der Waals surface area contributed by atoms with Crippen molar-refractivity contribution in [1.29, 1.82) is 0 Å². The van der Waals surface area contributed by atoms with Gasteiger partial charge in [0.1, 0.15) is 6.26 Å². The summed E-state index contributed by atoms with van der Waals surface area (Å²) in [6.45, 7) is 2.71. The number of amides is 1. The second kappa shape index (κ2) is 8.34. The van der Waals surface area contributed by atoms with Gasteiger partial charge in [-0.2, -0.15) is 0 Å². The van der Waals surface area contributed by atoms with Crippen LogP contribution in [0.4, 0.5) is 0 Å². The number of carbonyl (C=O) groups is 1. The van der Waals surface area contributed by atoms with Gasteiger partial charge in [0.2, 0.25) is 0 Å². The lowest BCUT2D eigenvalue weighted by molar-refractivity contribution is 0.0666. The van der Waals surface area contributed by atoms with Gasteiger partial charge in [0, 0.05) is 12.6 Å². The van der Waals surface area contributed by atoms with Crippen molar-refractivity contribution in [2.45, 2.75) is 32.4 Å². The molecule has 3 nitrogen and oxygen atoms in total. The van der Waals surface area contributed by atoms with E-state index in [1.54, 1.807) is 12.3 Å². The van der Waals surface area contributed by atoms with Gasteiger partial charge in [-0.05, 0) is 37.0 Å². The van der Waals surface area contributed by atoms with Crippen LogP contribution in [-0.2, 0) is 13.0 Å². The SMILES string of the molecule is C[C@H](CCc1ccccc1)N(Cc1ccccc1)C(=O)c1ccoc1. The lowest BCUT2D eigenvalue weighted by atomic mass is 10.0. The van der Waals surface area contributed by atoms with Crippen LogP contribution in [0.5, 0.6) is 0 Å². The predicted molar refractivity (Wildman–Crippen MR) is 99.2 cm³/mol. The molecule has 0 radical (unpaired) electrons. The largest absolute Gasteiger partial charge is 0.472 e. The monoisotopic (exact) mass is 333 g/mol. The number of furan rings is 1. The topological polar surface area (TPSA) is 33.5 Å². The first-order chi connectivity index (χ1) is 12.2. The molecule has 1 atom stereocenters. The number of nitrogens with zero attached hydrogens (tertiary/aromatic N) is 1. The average molecular weight is 333 g/mol. The summed E-state index contributed by atoms with van der Waals surface area (Å²) in [5, 5.41) is 0. The third-order valence-electron chi connectivity index (χ3n) is 4.45. The molecule has 0 bridgehead atoms. The van der Waals surface area contributed by atoms with E-state index >= 15 is 0 Å². The molecule has 0 aliphatic heterocycles. The zero-order chi connectivity index (χ0) is 17.5. The summed E-state index contributed by atoms with van der Waals surface area (Å²) >= 11 is 0. The van der Waals surface area contributed by atoms with Crippen LogP contribution in [0.3, 0.4) is 0 Å². The predicted octanol–water partition coefficient (Wildman–Crippen LogP) is 4.94. The maximum atomic E-state index is 12.9. The molecule has 0 saturated heterocycles. The van der Waals surface area contributed by atoms with Crippen LogP contribution < -0.4 is 0 Å². The first-order valence-electron chi connectivity index (χ1n) is 8.65. The zero-order valence-corrected chi connectivity index (χ0v) is 14.5. The Labute approximate surface area is 148 Å². The molecule has 0 spiro atoms. The Bertz CT molecular complexity index is 766. The van der Waals surface area contributed by atoms with E-state index < -0.39 is 0 Å². The van der Waals surface area contributed by atoms with Crippen LogP contribution in [0.2, 0.25) is 0 Å². The molecule has 2 aromatic carbocycles. The number of rotatable bonds is 7. The minimum absolute atomic E-state index is 0.0122. The van der Waals surface area contributed by atoms with Gasteiger partial charge in [-0.1, -0.05) is 60.7 Å². The van der Waals surface area contributed by atoms with Crippen LogP contribution >= 0.6 is 0 Å². The van der Waals surface area contributed by atoms with Crippen molar-refractivity contribution < 1.29 is 9.21 Å². The number of carbonyl (C=O) groups excluding carboxylic acids is 1. The second-order valence-corrected chi connectivity index (χ2v) is 6.30. The van der Waals surface area contributed by atoms with Crippen molar-refractivity contribution >= 4 is 5.91 Å². The van der Waals surface area contributed by atoms with Gasteiger partial charge in [0.15, 0.2) is 0 Å². The highest BCUT2D eigenvalue weighted by Crippen LogP contribution is 2.17. The molecule has 0 aliphatic carbocycles. The molecule has 3 aromatic rings. The van der Waals surface area contributed by atoms with E-state index in [0.29, 0.717) is 12.1 Å². The summed E-state index contributed by atoms with van der Waals surface area (Å²) in [5.41, 5.74) is 3.03. The van der Waals surface area contributed by atoms with E-state index in [1.165, 1.54) is 11.8 Å². The van der Waals surface area contributed by atoms with Crippen LogP contribution in [0.15, 0.2) is 83.7 Å².